The number of nitrogens with one attached hydrogen (secondary N) is 1. The van der Waals surface area contributed by atoms with Crippen molar-refractivity contribution in [1.29, 1.82) is 0 Å². The third-order valence-corrected chi connectivity index (χ3v) is 4.27. The number of aryl methyl sites for hydroxylation is 1. The summed E-state index contributed by atoms with van der Waals surface area (Å²) in [4.78, 5) is 14.4. The highest BCUT2D eigenvalue weighted by molar-refractivity contribution is 5.95. The number of nitrogens with zero attached hydrogens (tertiary/aromatic N) is 1. The molecule has 0 radical (unpaired) electrons. The van der Waals surface area contributed by atoms with E-state index in [2.05, 4.69) is 26.1 Å². The monoisotopic (exact) mass is 274 g/mol. The van der Waals surface area contributed by atoms with Gasteiger partial charge in [-0.3, -0.25) is 4.79 Å². The van der Waals surface area contributed by atoms with Crippen molar-refractivity contribution in [2.45, 2.75) is 46.1 Å². The van der Waals surface area contributed by atoms with Crippen LogP contribution < -0.4 is 5.32 Å². The van der Waals surface area contributed by atoms with Gasteiger partial charge in [-0.25, -0.2) is 0 Å². The summed E-state index contributed by atoms with van der Waals surface area (Å²) in [5.41, 5.74) is 3.05. The van der Waals surface area contributed by atoms with Crippen molar-refractivity contribution in [2.24, 2.45) is 5.92 Å². The Balaban J connectivity index is 2.07. The molecule has 0 heterocycles. The van der Waals surface area contributed by atoms with E-state index in [0.717, 1.165) is 29.8 Å². The molecule has 0 saturated heterocycles. The van der Waals surface area contributed by atoms with E-state index in [0.29, 0.717) is 12.0 Å². The average Bonchev–Trinajstić information content (AvgIpc) is 3.28. The lowest BCUT2D eigenvalue weighted by Gasteiger charge is -2.25. The highest BCUT2D eigenvalue weighted by Crippen LogP contribution is 2.35. The molecule has 1 amide bonds. The number of rotatable bonds is 6. The van der Waals surface area contributed by atoms with Crippen LogP contribution in [-0.4, -0.2) is 30.4 Å². The summed E-state index contributed by atoms with van der Waals surface area (Å²) in [5, 5.41) is 3.38. The fraction of sp³-hybridized carbons (Fsp3) is 0.588. The highest BCUT2D eigenvalue weighted by Gasteiger charge is 2.32. The van der Waals surface area contributed by atoms with E-state index < -0.39 is 0 Å². The van der Waals surface area contributed by atoms with Gasteiger partial charge in [-0.05, 0) is 62.8 Å². The van der Waals surface area contributed by atoms with Crippen molar-refractivity contribution in [3.05, 3.63) is 29.3 Å². The zero-order valence-electron chi connectivity index (χ0n) is 13.1. The van der Waals surface area contributed by atoms with Gasteiger partial charge >= 0.3 is 0 Å². The molecule has 3 heteroatoms. The number of hydrogen-bond donors (Lipinski definition) is 1. The van der Waals surface area contributed by atoms with E-state index in [9.17, 15) is 4.79 Å². The largest absolute Gasteiger partial charge is 0.385 e. The third kappa shape index (κ3) is 3.33. The Morgan fingerprint density at radius 1 is 1.45 bits per heavy atom. The maximum atomic E-state index is 12.5. The average molecular weight is 274 g/mol. The first-order valence-corrected chi connectivity index (χ1v) is 7.66. The second kappa shape index (κ2) is 6.29. The third-order valence-electron chi connectivity index (χ3n) is 4.27. The first kappa shape index (κ1) is 14.9. The maximum Gasteiger partial charge on any atom is 0.253 e. The molecule has 0 aromatic heterocycles. The minimum atomic E-state index is 0.134. The standard InChI is InChI=1S/C17H26N2O/c1-5-10-18-16-9-8-15(11-12(16)2)17(20)19(4)13(3)14-6-7-14/h8-9,11,13-14,18H,5-7,10H2,1-4H3. The summed E-state index contributed by atoms with van der Waals surface area (Å²) >= 11 is 0. The normalized spacial score (nSPS) is 15.8. The predicted octanol–water partition coefficient (Wildman–Crippen LogP) is 3.69. The van der Waals surface area contributed by atoms with Crippen LogP contribution in [0.4, 0.5) is 5.69 Å². The highest BCUT2D eigenvalue weighted by atomic mass is 16.2. The molecular weight excluding hydrogens is 248 g/mol. The maximum absolute atomic E-state index is 12.5. The molecule has 0 spiro atoms. The molecule has 1 N–H and O–H groups in total. The second-order valence-corrected chi connectivity index (χ2v) is 5.95. The molecular formula is C17H26N2O. The van der Waals surface area contributed by atoms with E-state index in [1.165, 1.54) is 12.8 Å². The zero-order chi connectivity index (χ0) is 14.7. The lowest BCUT2D eigenvalue weighted by Crippen LogP contribution is -2.36. The van der Waals surface area contributed by atoms with Gasteiger partial charge in [0.15, 0.2) is 0 Å². The molecule has 1 aliphatic rings. The van der Waals surface area contributed by atoms with Crippen LogP contribution in [0.2, 0.25) is 0 Å². The summed E-state index contributed by atoms with van der Waals surface area (Å²) in [7, 11) is 1.92. The van der Waals surface area contributed by atoms with Crippen LogP contribution in [0.15, 0.2) is 18.2 Å². The molecule has 1 aromatic carbocycles. The van der Waals surface area contributed by atoms with Gasteiger partial charge in [0.25, 0.3) is 5.91 Å². The number of carbonyl (C=O) groups is 1. The van der Waals surface area contributed by atoms with Crippen LogP contribution in [0.3, 0.4) is 0 Å². The van der Waals surface area contributed by atoms with E-state index in [1.54, 1.807) is 0 Å². The molecule has 1 fully saturated rings. The molecule has 0 aliphatic heterocycles. The fourth-order valence-electron chi connectivity index (χ4n) is 2.54. The van der Waals surface area contributed by atoms with Crippen LogP contribution in [-0.2, 0) is 0 Å². The van der Waals surface area contributed by atoms with Gasteiger partial charge in [-0.15, -0.1) is 0 Å². The summed E-state index contributed by atoms with van der Waals surface area (Å²) in [5.74, 6) is 0.838. The summed E-state index contributed by atoms with van der Waals surface area (Å²) in [6, 6.07) is 6.30. The molecule has 1 saturated carbocycles. The van der Waals surface area contributed by atoms with Crippen LogP contribution in [0, 0.1) is 12.8 Å². The van der Waals surface area contributed by atoms with Crippen molar-refractivity contribution >= 4 is 11.6 Å². The number of hydrogen-bond acceptors (Lipinski definition) is 2. The van der Waals surface area contributed by atoms with Gasteiger partial charge in [0.1, 0.15) is 0 Å². The lowest BCUT2D eigenvalue weighted by molar-refractivity contribution is 0.0727. The molecule has 1 aliphatic carbocycles. The quantitative estimate of drug-likeness (QED) is 0.858. The number of anilines is 1. The first-order chi connectivity index (χ1) is 9.54. The first-order valence-electron chi connectivity index (χ1n) is 7.66. The predicted molar refractivity (Wildman–Crippen MR) is 84.2 cm³/mol. The Hall–Kier alpha value is -1.51. The zero-order valence-corrected chi connectivity index (χ0v) is 13.1. The van der Waals surface area contributed by atoms with E-state index in [4.69, 9.17) is 0 Å². The minimum Gasteiger partial charge on any atom is -0.385 e. The summed E-state index contributed by atoms with van der Waals surface area (Å²) < 4.78 is 0. The van der Waals surface area contributed by atoms with E-state index in [1.807, 2.05) is 30.1 Å². The molecule has 110 valence electrons. The van der Waals surface area contributed by atoms with Gasteiger partial charge in [0.05, 0.1) is 0 Å². The minimum absolute atomic E-state index is 0.134. The number of carbonyl (C=O) groups excluding carboxylic acids is 1. The molecule has 20 heavy (non-hydrogen) atoms. The lowest BCUT2D eigenvalue weighted by atomic mass is 10.1. The molecule has 1 atom stereocenters. The summed E-state index contributed by atoms with van der Waals surface area (Å²) in [6.45, 7) is 7.32. The van der Waals surface area contributed by atoms with Crippen LogP contribution in [0.1, 0.15) is 49.0 Å². The van der Waals surface area contributed by atoms with Gasteiger partial charge in [-0.1, -0.05) is 6.92 Å². The molecule has 3 nitrogen and oxygen atoms in total. The van der Waals surface area contributed by atoms with E-state index in [-0.39, 0.29) is 5.91 Å². The van der Waals surface area contributed by atoms with Gasteiger partial charge in [0, 0.05) is 30.9 Å². The van der Waals surface area contributed by atoms with Crippen LogP contribution >= 0.6 is 0 Å². The van der Waals surface area contributed by atoms with E-state index >= 15 is 0 Å². The summed E-state index contributed by atoms with van der Waals surface area (Å²) in [6.07, 6.45) is 3.62. The Morgan fingerprint density at radius 3 is 2.70 bits per heavy atom. The second-order valence-electron chi connectivity index (χ2n) is 5.95. The van der Waals surface area contributed by atoms with Crippen LogP contribution in [0.5, 0.6) is 0 Å². The SMILES string of the molecule is CCCNc1ccc(C(=O)N(C)C(C)C2CC2)cc1C. The molecule has 1 unspecified atom stereocenters. The van der Waals surface area contributed by atoms with Gasteiger partial charge < -0.3 is 10.2 Å². The van der Waals surface area contributed by atoms with Crippen molar-refractivity contribution in [3.63, 3.8) is 0 Å². The molecule has 2 rings (SSSR count). The van der Waals surface area contributed by atoms with Gasteiger partial charge in [-0.2, -0.15) is 0 Å². The Labute approximate surface area is 122 Å². The Kier molecular flexibility index (Phi) is 4.69. The molecule has 1 aromatic rings. The van der Waals surface area contributed by atoms with Crippen molar-refractivity contribution in [3.8, 4) is 0 Å². The number of benzene rings is 1. The Bertz CT molecular complexity index is 480. The smallest absolute Gasteiger partial charge is 0.253 e. The fourth-order valence-corrected chi connectivity index (χ4v) is 2.54. The van der Waals surface area contributed by atoms with Crippen LogP contribution in [0.25, 0.3) is 0 Å². The number of amides is 1. The van der Waals surface area contributed by atoms with Crippen molar-refractivity contribution in [1.82, 2.24) is 4.90 Å². The topological polar surface area (TPSA) is 32.3 Å². The van der Waals surface area contributed by atoms with Crippen molar-refractivity contribution < 1.29 is 4.79 Å². The molecule has 0 bridgehead atoms. The van der Waals surface area contributed by atoms with Gasteiger partial charge in [0.2, 0.25) is 0 Å². The Morgan fingerprint density at radius 2 is 2.15 bits per heavy atom. The van der Waals surface area contributed by atoms with Crippen molar-refractivity contribution in [2.75, 3.05) is 18.9 Å².